The third-order valence-electron chi connectivity index (χ3n) is 1.33. The van der Waals surface area contributed by atoms with E-state index in [1.54, 1.807) is 0 Å². The van der Waals surface area contributed by atoms with Crippen LogP contribution in [0.15, 0.2) is 24.3 Å². The van der Waals surface area contributed by atoms with Gasteiger partial charge in [-0.05, 0) is 0 Å². The molecule has 0 amide bonds. The largest absolute Gasteiger partial charge is 0.346 e. The van der Waals surface area contributed by atoms with Crippen LogP contribution in [0.1, 0.15) is 0 Å². The van der Waals surface area contributed by atoms with Gasteiger partial charge in [0.15, 0.2) is 12.1 Å². The number of hydrogen-bond donors (Lipinski definition) is 0. The van der Waals surface area contributed by atoms with Crippen molar-refractivity contribution in [1.82, 2.24) is 0 Å². The van der Waals surface area contributed by atoms with Crippen LogP contribution in [-0.4, -0.2) is 9.85 Å². The first-order valence-corrected chi connectivity index (χ1v) is 3.70. The molecule has 0 aliphatic heterocycles. The van der Waals surface area contributed by atoms with Gasteiger partial charge in [0.25, 0.3) is 0 Å². The zero-order valence-corrected chi connectivity index (χ0v) is 9.23. The second-order valence-electron chi connectivity index (χ2n) is 2.23. The van der Waals surface area contributed by atoms with Gasteiger partial charge in [-0.25, -0.2) is 0 Å². The second kappa shape index (κ2) is 8.64. The minimum atomic E-state index is -0.780. The lowest BCUT2D eigenvalue weighted by Gasteiger charge is -1.91. The number of rotatable bonds is 2. The van der Waals surface area contributed by atoms with Crippen LogP contribution in [0.3, 0.4) is 0 Å². The average molecular weight is 254 g/mol. The Morgan fingerprint density at radius 1 is 0.941 bits per heavy atom. The summed E-state index contributed by atoms with van der Waals surface area (Å²) in [6.07, 6.45) is 0. The van der Waals surface area contributed by atoms with Crippen LogP contribution in [0.4, 0.5) is 11.4 Å². The molecule has 0 aliphatic rings. The first kappa shape index (κ1) is 16.8. The van der Waals surface area contributed by atoms with Crippen LogP contribution in [0.5, 0.6) is 0 Å². The predicted molar refractivity (Wildman–Crippen MR) is 61.4 cm³/mol. The fourth-order valence-corrected chi connectivity index (χ4v) is 0.773. The molecule has 0 aromatic heterocycles. The van der Waals surface area contributed by atoms with Crippen molar-refractivity contribution in [2.75, 3.05) is 0 Å². The van der Waals surface area contributed by atoms with Crippen LogP contribution < -0.4 is 0 Å². The molecule has 1 aromatic carbocycles. The Morgan fingerprint density at radius 2 is 1.24 bits per heavy atom. The summed E-state index contributed by atoms with van der Waals surface area (Å²) in [7, 11) is 0. The normalized spacial score (nSPS) is 7.18. The molecule has 1 aromatic rings. The molecular weight excluding hydrogens is 248 g/mol. The van der Waals surface area contributed by atoms with Crippen molar-refractivity contribution in [3.8, 4) is 12.1 Å². The molecule has 0 heterocycles. The van der Waals surface area contributed by atoms with Gasteiger partial charge in [0.1, 0.15) is 0 Å². The predicted octanol–water partition coefficient (Wildman–Crippen LogP) is 1.65. The molecule has 1 rings (SSSR count). The zero-order valence-electron chi connectivity index (χ0n) is 8.23. The molecule has 0 radical (unpaired) electrons. The highest BCUT2D eigenvalue weighted by Crippen LogP contribution is 2.24. The standard InChI is InChI=1S/C6H4N2O4.C2N2.H2S/c9-7(10)5-3-1-2-4-6(5)8(11)12;3-1-2-4;/h1-4H;;1H2. The number of nitro benzene ring substituents is 2. The monoisotopic (exact) mass is 254 g/mol. The first-order chi connectivity index (χ1) is 7.54. The quantitative estimate of drug-likeness (QED) is 0.581. The van der Waals surface area contributed by atoms with E-state index in [1.807, 2.05) is 0 Å². The van der Waals surface area contributed by atoms with E-state index >= 15 is 0 Å². The van der Waals surface area contributed by atoms with Crippen molar-refractivity contribution in [3.05, 3.63) is 44.5 Å². The highest BCUT2D eigenvalue weighted by atomic mass is 32.1. The van der Waals surface area contributed by atoms with Gasteiger partial charge in [0.2, 0.25) is 0 Å². The third-order valence-corrected chi connectivity index (χ3v) is 1.33. The zero-order chi connectivity index (χ0) is 12.6. The van der Waals surface area contributed by atoms with E-state index in [2.05, 4.69) is 0 Å². The smallest absolute Gasteiger partial charge is 0.258 e. The van der Waals surface area contributed by atoms with Crippen molar-refractivity contribution in [2.45, 2.75) is 0 Å². The van der Waals surface area contributed by atoms with Gasteiger partial charge in [-0.3, -0.25) is 20.2 Å². The first-order valence-electron chi connectivity index (χ1n) is 3.70. The summed E-state index contributed by atoms with van der Waals surface area (Å²) >= 11 is 0. The molecular formula is C8H6N4O4S. The Kier molecular flexibility index (Phi) is 8.52. The molecule has 0 bridgehead atoms. The molecule has 0 saturated heterocycles. The fourth-order valence-electron chi connectivity index (χ4n) is 0.773. The summed E-state index contributed by atoms with van der Waals surface area (Å²) in [4.78, 5) is 18.9. The summed E-state index contributed by atoms with van der Waals surface area (Å²) in [5.74, 6) is 0. The molecule has 17 heavy (non-hydrogen) atoms. The lowest BCUT2D eigenvalue weighted by molar-refractivity contribution is -0.422. The summed E-state index contributed by atoms with van der Waals surface area (Å²) < 4.78 is 0. The SMILES string of the molecule is N#CC#N.O=[N+]([O-])c1ccccc1[N+](=O)[O-].S. The highest BCUT2D eigenvalue weighted by Gasteiger charge is 2.21. The molecule has 0 aliphatic carbocycles. The van der Waals surface area contributed by atoms with E-state index in [-0.39, 0.29) is 13.5 Å². The summed E-state index contributed by atoms with van der Waals surface area (Å²) in [5.41, 5.74) is -0.968. The number of nitrogens with zero attached hydrogens (tertiary/aromatic N) is 4. The highest BCUT2D eigenvalue weighted by molar-refractivity contribution is 7.59. The van der Waals surface area contributed by atoms with E-state index in [0.717, 1.165) is 12.1 Å². The lowest BCUT2D eigenvalue weighted by atomic mass is 10.3. The Bertz CT molecular complexity index is 446. The van der Waals surface area contributed by atoms with Gasteiger partial charge in [-0.2, -0.15) is 24.0 Å². The third kappa shape index (κ3) is 5.71. The summed E-state index contributed by atoms with van der Waals surface area (Å²) in [6, 6.07) is 7.42. The average Bonchev–Trinajstić information content (AvgIpc) is 2.29. The minimum absolute atomic E-state index is 0. The Labute approximate surface area is 102 Å². The number of nitriles is 2. The van der Waals surface area contributed by atoms with Crippen LogP contribution in [-0.2, 0) is 0 Å². The Hall–Kier alpha value is -2.65. The van der Waals surface area contributed by atoms with E-state index in [9.17, 15) is 20.2 Å². The maximum absolute atomic E-state index is 10.2. The molecule has 0 unspecified atom stereocenters. The van der Waals surface area contributed by atoms with Crippen molar-refractivity contribution >= 4 is 24.9 Å². The number of para-hydroxylation sites is 2. The van der Waals surface area contributed by atoms with Gasteiger partial charge < -0.3 is 0 Å². The summed E-state index contributed by atoms with van der Waals surface area (Å²) in [5, 5.41) is 35.0. The lowest BCUT2D eigenvalue weighted by Crippen LogP contribution is -1.95. The van der Waals surface area contributed by atoms with E-state index < -0.39 is 21.2 Å². The molecule has 8 nitrogen and oxygen atoms in total. The molecule has 88 valence electrons. The van der Waals surface area contributed by atoms with E-state index in [4.69, 9.17) is 10.5 Å². The number of nitro groups is 2. The molecule has 9 heteroatoms. The van der Waals surface area contributed by atoms with Crippen LogP contribution in [0.2, 0.25) is 0 Å². The van der Waals surface area contributed by atoms with Crippen molar-refractivity contribution < 1.29 is 9.85 Å². The molecule has 0 fully saturated rings. The van der Waals surface area contributed by atoms with Gasteiger partial charge in [0, 0.05) is 12.1 Å². The van der Waals surface area contributed by atoms with Crippen LogP contribution >= 0.6 is 13.5 Å². The fraction of sp³-hybridized carbons (Fsp3) is 0. The van der Waals surface area contributed by atoms with Gasteiger partial charge in [-0.1, -0.05) is 12.1 Å². The second-order valence-corrected chi connectivity index (χ2v) is 2.23. The van der Waals surface area contributed by atoms with Gasteiger partial charge >= 0.3 is 11.4 Å². The summed E-state index contributed by atoms with van der Waals surface area (Å²) in [6.45, 7) is 0. The van der Waals surface area contributed by atoms with E-state index in [1.165, 1.54) is 24.3 Å². The molecule has 0 saturated carbocycles. The number of hydrogen-bond acceptors (Lipinski definition) is 6. The molecule has 0 atom stereocenters. The van der Waals surface area contributed by atoms with Crippen molar-refractivity contribution in [2.24, 2.45) is 0 Å². The maximum atomic E-state index is 10.2. The Morgan fingerprint density at radius 3 is 1.41 bits per heavy atom. The van der Waals surface area contributed by atoms with Gasteiger partial charge in [-0.15, -0.1) is 0 Å². The molecule has 0 spiro atoms. The van der Waals surface area contributed by atoms with Gasteiger partial charge in [0.05, 0.1) is 9.85 Å². The Balaban J connectivity index is 0. The van der Waals surface area contributed by atoms with E-state index in [0.29, 0.717) is 0 Å². The minimum Gasteiger partial charge on any atom is -0.258 e. The topological polar surface area (TPSA) is 134 Å². The van der Waals surface area contributed by atoms with Crippen LogP contribution in [0.25, 0.3) is 0 Å². The van der Waals surface area contributed by atoms with Crippen molar-refractivity contribution in [3.63, 3.8) is 0 Å². The molecule has 0 N–H and O–H groups in total. The van der Waals surface area contributed by atoms with Crippen LogP contribution in [0, 0.1) is 42.9 Å². The number of benzene rings is 1. The maximum Gasteiger partial charge on any atom is 0.346 e. The van der Waals surface area contributed by atoms with Crippen molar-refractivity contribution in [1.29, 1.82) is 10.5 Å².